The molecular weight excluding hydrogens is 316 g/mol. The molecular formula is C19H28N4O2. The van der Waals surface area contributed by atoms with Gasteiger partial charge in [-0.3, -0.25) is 19.6 Å². The number of likely N-dealkylation sites (tertiary alicyclic amines) is 1. The number of hydrogen-bond donors (Lipinski definition) is 1. The van der Waals surface area contributed by atoms with E-state index in [-0.39, 0.29) is 23.8 Å². The van der Waals surface area contributed by atoms with Crippen molar-refractivity contribution in [1.29, 1.82) is 0 Å². The summed E-state index contributed by atoms with van der Waals surface area (Å²) in [5.74, 6) is 0.658. The third-order valence-electron chi connectivity index (χ3n) is 5.40. The van der Waals surface area contributed by atoms with Crippen LogP contribution < -0.4 is 5.32 Å². The van der Waals surface area contributed by atoms with Crippen LogP contribution in [0.1, 0.15) is 51.1 Å². The Balaban J connectivity index is 1.42. The van der Waals surface area contributed by atoms with Crippen molar-refractivity contribution >= 4 is 11.8 Å². The van der Waals surface area contributed by atoms with Gasteiger partial charge in [0.1, 0.15) is 0 Å². The molecule has 25 heavy (non-hydrogen) atoms. The molecule has 0 bridgehead atoms. The van der Waals surface area contributed by atoms with E-state index < -0.39 is 0 Å². The summed E-state index contributed by atoms with van der Waals surface area (Å²) in [6.07, 6.45) is 11.7. The summed E-state index contributed by atoms with van der Waals surface area (Å²) < 4.78 is 0. The first kappa shape index (κ1) is 17.8. The molecule has 1 aromatic rings. The molecule has 136 valence electrons. The van der Waals surface area contributed by atoms with E-state index >= 15 is 0 Å². The molecule has 0 spiro atoms. The fourth-order valence-corrected chi connectivity index (χ4v) is 3.95. The third-order valence-corrected chi connectivity index (χ3v) is 5.40. The van der Waals surface area contributed by atoms with E-state index in [1.807, 2.05) is 11.8 Å². The normalized spacial score (nSPS) is 20.4. The summed E-state index contributed by atoms with van der Waals surface area (Å²) in [4.78, 5) is 35.2. The minimum Gasteiger partial charge on any atom is -0.353 e. The Morgan fingerprint density at radius 1 is 1.16 bits per heavy atom. The highest BCUT2D eigenvalue weighted by molar-refractivity contribution is 5.81. The largest absolute Gasteiger partial charge is 0.353 e. The highest BCUT2D eigenvalue weighted by Gasteiger charge is 2.32. The van der Waals surface area contributed by atoms with Gasteiger partial charge in [0, 0.05) is 56.0 Å². The van der Waals surface area contributed by atoms with E-state index in [0.717, 1.165) is 31.4 Å². The average molecular weight is 344 g/mol. The maximum Gasteiger partial charge on any atom is 0.225 e. The van der Waals surface area contributed by atoms with Crippen LogP contribution in [0.4, 0.5) is 0 Å². The summed E-state index contributed by atoms with van der Waals surface area (Å²) in [7, 11) is 0. The zero-order valence-electron chi connectivity index (χ0n) is 15.0. The summed E-state index contributed by atoms with van der Waals surface area (Å²) in [5, 5.41) is 3.09. The van der Waals surface area contributed by atoms with Crippen LogP contribution in [-0.4, -0.2) is 45.8 Å². The molecule has 1 N–H and O–H groups in total. The fourth-order valence-electron chi connectivity index (χ4n) is 3.95. The fraction of sp³-hybridized carbons (Fsp3) is 0.684. The second-order valence-electron chi connectivity index (χ2n) is 7.39. The number of rotatable bonds is 5. The van der Waals surface area contributed by atoms with E-state index in [1.54, 1.807) is 18.6 Å². The van der Waals surface area contributed by atoms with Gasteiger partial charge in [-0.1, -0.05) is 12.8 Å². The molecule has 1 saturated heterocycles. The Labute approximate surface area is 149 Å². The molecule has 6 nitrogen and oxygen atoms in total. The van der Waals surface area contributed by atoms with Crippen molar-refractivity contribution in [2.24, 2.45) is 11.8 Å². The molecule has 2 aliphatic rings. The number of carbonyl (C=O) groups excluding carboxylic acids is 2. The number of hydrogen-bond acceptors (Lipinski definition) is 4. The van der Waals surface area contributed by atoms with E-state index in [9.17, 15) is 9.59 Å². The van der Waals surface area contributed by atoms with Gasteiger partial charge in [0.2, 0.25) is 11.8 Å². The summed E-state index contributed by atoms with van der Waals surface area (Å²) in [5.41, 5.74) is 0.882. The average Bonchev–Trinajstić information content (AvgIpc) is 3.16. The van der Waals surface area contributed by atoms with Crippen LogP contribution in [0.15, 0.2) is 18.6 Å². The van der Waals surface area contributed by atoms with Crippen molar-refractivity contribution in [3.8, 4) is 0 Å². The number of nitrogens with one attached hydrogen (secondary N) is 1. The van der Waals surface area contributed by atoms with Crippen LogP contribution in [0, 0.1) is 11.8 Å². The summed E-state index contributed by atoms with van der Waals surface area (Å²) in [6.45, 7) is 3.42. The summed E-state index contributed by atoms with van der Waals surface area (Å²) >= 11 is 0. The monoisotopic (exact) mass is 344 g/mol. The van der Waals surface area contributed by atoms with Gasteiger partial charge in [0.25, 0.3) is 0 Å². The number of piperidine rings is 1. The van der Waals surface area contributed by atoms with Gasteiger partial charge < -0.3 is 10.2 Å². The molecule has 2 heterocycles. The van der Waals surface area contributed by atoms with Crippen molar-refractivity contribution in [1.82, 2.24) is 20.2 Å². The van der Waals surface area contributed by atoms with Crippen molar-refractivity contribution in [2.45, 2.75) is 57.9 Å². The lowest BCUT2D eigenvalue weighted by Crippen LogP contribution is -2.46. The van der Waals surface area contributed by atoms with Crippen LogP contribution in [0.2, 0.25) is 0 Å². The number of nitrogens with zero attached hydrogens (tertiary/aromatic N) is 3. The molecule has 2 fully saturated rings. The molecule has 6 heteroatoms. The zero-order valence-corrected chi connectivity index (χ0v) is 15.0. The third kappa shape index (κ3) is 4.77. The number of amides is 2. The Kier molecular flexibility index (Phi) is 6.00. The van der Waals surface area contributed by atoms with Crippen molar-refractivity contribution < 1.29 is 9.59 Å². The number of carbonyl (C=O) groups is 2. The van der Waals surface area contributed by atoms with Gasteiger partial charge in [-0.15, -0.1) is 0 Å². The van der Waals surface area contributed by atoms with E-state index in [1.165, 1.54) is 12.8 Å². The first-order valence-corrected chi connectivity index (χ1v) is 9.47. The predicted octanol–water partition coefficient (Wildman–Crippen LogP) is 1.95. The smallest absolute Gasteiger partial charge is 0.225 e. The van der Waals surface area contributed by atoms with Gasteiger partial charge in [-0.25, -0.2) is 0 Å². The van der Waals surface area contributed by atoms with Crippen LogP contribution in [0.3, 0.4) is 0 Å². The molecule has 0 radical (unpaired) electrons. The first-order chi connectivity index (χ1) is 12.1. The van der Waals surface area contributed by atoms with Crippen LogP contribution >= 0.6 is 0 Å². The lowest BCUT2D eigenvalue weighted by molar-refractivity contribution is -0.139. The lowest BCUT2D eigenvalue weighted by Gasteiger charge is -2.33. The van der Waals surface area contributed by atoms with Crippen LogP contribution in [-0.2, 0) is 16.0 Å². The second kappa shape index (κ2) is 8.41. The summed E-state index contributed by atoms with van der Waals surface area (Å²) in [6, 6.07) is 0.0300. The Morgan fingerprint density at radius 2 is 1.88 bits per heavy atom. The van der Waals surface area contributed by atoms with Crippen molar-refractivity contribution in [2.75, 3.05) is 13.1 Å². The van der Waals surface area contributed by atoms with Gasteiger partial charge >= 0.3 is 0 Å². The molecule has 1 saturated carbocycles. The molecule has 1 atom stereocenters. The molecule has 3 rings (SSSR count). The quantitative estimate of drug-likeness (QED) is 0.886. The van der Waals surface area contributed by atoms with Gasteiger partial charge in [-0.05, 0) is 32.6 Å². The second-order valence-corrected chi connectivity index (χ2v) is 7.39. The Hall–Kier alpha value is -1.98. The lowest BCUT2D eigenvalue weighted by atomic mass is 9.94. The van der Waals surface area contributed by atoms with Gasteiger partial charge in [0.15, 0.2) is 0 Å². The van der Waals surface area contributed by atoms with Crippen LogP contribution in [0.25, 0.3) is 0 Å². The number of aromatic nitrogens is 2. The molecule has 1 aliphatic carbocycles. The van der Waals surface area contributed by atoms with Gasteiger partial charge in [0.05, 0.1) is 5.69 Å². The standard InChI is InChI=1S/C19H28N4O2/c1-14(12-17-13-20-8-9-21-17)22-18(24)15-6-10-23(11-7-15)19(25)16-4-2-3-5-16/h8-9,13-16H,2-7,10-12H2,1H3,(H,22,24)/t14-/m1/s1. The zero-order chi connectivity index (χ0) is 17.6. The molecule has 2 amide bonds. The van der Waals surface area contributed by atoms with Gasteiger partial charge in [-0.2, -0.15) is 0 Å². The van der Waals surface area contributed by atoms with E-state index in [4.69, 9.17) is 0 Å². The van der Waals surface area contributed by atoms with Crippen LogP contribution in [0.5, 0.6) is 0 Å². The molecule has 0 aromatic carbocycles. The van der Waals surface area contributed by atoms with Crippen molar-refractivity contribution in [3.05, 3.63) is 24.3 Å². The minimum absolute atomic E-state index is 0.0111. The maximum absolute atomic E-state index is 12.5. The SMILES string of the molecule is C[C@H](Cc1cnccn1)NC(=O)C1CCN(C(=O)C2CCCC2)CC1. The topological polar surface area (TPSA) is 75.2 Å². The molecule has 0 unspecified atom stereocenters. The minimum atomic E-state index is 0.0111. The Bertz CT molecular complexity index is 578. The van der Waals surface area contributed by atoms with E-state index in [0.29, 0.717) is 25.4 Å². The highest BCUT2D eigenvalue weighted by Crippen LogP contribution is 2.28. The maximum atomic E-state index is 12.5. The molecule has 1 aromatic heterocycles. The van der Waals surface area contributed by atoms with Crippen molar-refractivity contribution in [3.63, 3.8) is 0 Å². The first-order valence-electron chi connectivity index (χ1n) is 9.47. The van der Waals surface area contributed by atoms with E-state index in [2.05, 4.69) is 15.3 Å². The predicted molar refractivity (Wildman–Crippen MR) is 94.6 cm³/mol. The Morgan fingerprint density at radius 3 is 2.52 bits per heavy atom. The molecule has 1 aliphatic heterocycles. The highest BCUT2D eigenvalue weighted by atomic mass is 16.2.